The predicted octanol–water partition coefficient (Wildman–Crippen LogP) is 5.14. The first kappa shape index (κ1) is 21.1. The summed E-state index contributed by atoms with van der Waals surface area (Å²) in [4.78, 5) is 15.8. The van der Waals surface area contributed by atoms with Gasteiger partial charge < -0.3 is 14.8 Å². The molecule has 0 bridgehead atoms. The third-order valence-electron chi connectivity index (χ3n) is 5.92. The Hall–Kier alpha value is -3.81. The first-order valence-corrected chi connectivity index (χ1v) is 10.8. The first-order valence-electron chi connectivity index (χ1n) is 10.8. The third-order valence-corrected chi connectivity index (χ3v) is 5.92. The molecule has 2 aromatic carbocycles. The number of halogens is 2. The van der Waals surface area contributed by atoms with E-state index in [-0.39, 0.29) is 17.6 Å². The monoisotopic (exact) mass is 446 g/mol. The van der Waals surface area contributed by atoms with Crippen molar-refractivity contribution in [2.45, 2.75) is 26.2 Å². The smallest absolute Gasteiger partial charge is 0.147 e. The molecule has 0 fully saturated rings. The van der Waals surface area contributed by atoms with Gasteiger partial charge in [-0.25, -0.2) is 23.7 Å². The van der Waals surface area contributed by atoms with Crippen molar-refractivity contribution in [3.63, 3.8) is 0 Å². The van der Waals surface area contributed by atoms with Gasteiger partial charge in [-0.1, -0.05) is 13.0 Å². The molecule has 0 saturated heterocycles. The number of anilines is 3. The Morgan fingerprint density at radius 2 is 1.88 bits per heavy atom. The Bertz CT molecular complexity index is 1320. The standard InChI is InChI=1S/C25H24F2N6/c1-15-12-33(19-7-5-18(26)6-8-19)25-23(15)24(28-3)30-22(31-25)11-17-4-9-21(20(27)10-17)32-13-16(2)29-14-32/h4-10,13-15H,11-12H2,1-3H3,(H,28,30,31)/t15-/m1/s1. The number of rotatable bonds is 5. The Morgan fingerprint density at radius 1 is 1.09 bits per heavy atom. The molecule has 4 aromatic rings. The summed E-state index contributed by atoms with van der Waals surface area (Å²) < 4.78 is 30.0. The summed E-state index contributed by atoms with van der Waals surface area (Å²) in [6.07, 6.45) is 3.77. The highest BCUT2D eigenvalue weighted by Crippen LogP contribution is 2.42. The van der Waals surface area contributed by atoms with Gasteiger partial charge in [-0.05, 0) is 48.9 Å². The van der Waals surface area contributed by atoms with Crippen LogP contribution in [0.5, 0.6) is 0 Å². The number of nitrogens with one attached hydrogen (secondary N) is 1. The highest BCUT2D eigenvalue weighted by molar-refractivity contribution is 5.72. The Morgan fingerprint density at radius 3 is 2.55 bits per heavy atom. The molecule has 3 heterocycles. The minimum absolute atomic E-state index is 0.205. The molecule has 33 heavy (non-hydrogen) atoms. The number of aryl methyl sites for hydroxylation is 1. The molecule has 0 saturated carbocycles. The lowest BCUT2D eigenvalue weighted by atomic mass is 10.1. The van der Waals surface area contributed by atoms with Crippen molar-refractivity contribution in [3.05, 3.63) is 89.3 Å². The number of nitrogens with zero attached hydrogens (tertiary/aromatic N) is 5. The molecular formula is C25H24F2N6. The maximum atomic E-state index is 14.8. The van der Waals surface area contributed by atoms with Crippen molar-refractivity contribution in [1.82, 2.24) is 19.5 Å². The largest absolute Gasteiger partial charge is 0.373 e. The molecule has 5 rings (SSSR count). The van der Waals surface area contributed by atoms with E-state index in [4.69, 9.17) is 9.97 Å². The third kappa shape index (κ3) is 3.92. The lowest BCUT2D eigenvalue weighted by Crippen LogP contribution is -2.16. The average Bonchev–Trinajstić information content (AvgIpc) is 3.37. The van der Waals surface area contributed by atoms with Gasteiger partial charge >= 0.3 is 0 Å². The summed E-state index contributed by atoms with van der Waals surface area (Å²) in [5.74, 6) is 1.75. The lowest BCUT2D eigenvalue weighted by Gasteiger charge is -2.19. The van der Waals surface area contributed by atoms with Crippen molar-refractivity contribution in [1.29, 1.82) is 0 Å². The molecule has 0 radical (unpaired) electrons. The SMILES string of the molecule is CNc1nc(Cc2ccc(-n3cnc(C)c3)c(F)c2)nc2c1[C@H](C)CN2c1ccc(F)cc1. The van der Waals surface area contributed by atoms with Crippen LogP contribution in [-0.2, 0) is 6.42 Å². The number of hydrogen-bond donors (Lipinski definition) is 1. The van der Waals surface area contributed by atoms with Crippen LogP contribution in [0.25, 0.3) is 5.69 Å². The second-order valence-corrected chi connectivity index (χ2v) is 8.35. The van der Waals surface area contributed by atoms with Gasteiger partial charge in [0.1, 0.15) is 29.1 Å². The maximum Gasteiger partial charge on any atom is 0.147 e. The minimum atomic E-state index is -0.332. The van der Waals surface area contributed by atoms with Crippen molar-refractivity contribution >= 4 is 17.3 Å². The molecule has 8 heteroatoms. The Kier molecular flexibility index (Phi) is 5.28. The summed E-state index contributed by atoms with van der Waals surface area (Å²) in [7, 11) is 1.83. The van der Waals surface area contributed by atoms with Crippen LogP contribution < -0.4 is 10.2 Å². The summed E-state index contributed by atoms with van der Waals surface area (Å²) >= 11 is 0. The summed E-state index contributed by atoms with van der Waals surface area (Å²) in [5.41, 5.74) is 3.95. The molecule has 0 unspecified atom stereocenters. The highest BCUT2D eigenvalue weighted by Gasteiger charge is 2.32. The van der Waals surface area contributed by atoms with E-state index in [9.17, 15) is 8.78 Å². The quantitative estimate of drug-likeness (QED) is 0.460. The van der Waals surface area contributed by atoms with Gasteiger partial charge in [-0.2, -0.15) is 0 Å². The van der Waals surface area contributed by atoms with Crippen molar-refractivity contribution in [2.75, 3.05) is 23.8 Å². The van der Waals surface area contributed by atoms with Gasteiger partial charge in [0.2, 0.25) is 0 Å². The predicted molar refractivity (Wildman–Crippen MR) is 124 cm³/mol. The highest BCUT2D eigenvalue weighted by atomic mass is 19.1. The van der Waals surface area contributed by atoms with Gasteiger partial charge in [-0.3, -0.25) is 0 Å². The van der Waals surface area contributed by atoms with Gasteiger partial charge in [0, 0.05) is 43.4 Å². The molecule has 1 aliphatic rings. The summed E-state index contributed by atoms with van der Waals surface area (Å²) in [5, 5.41) is 3.19. The summed E-state index contributed by atoms with van der Waals surface area (Å²) in [6.45, 7) is 4.71. The molecule has 0 spiro atoms. The number of aromatic nitrogens is 4. The van der Waals surface area contributed by atoms with E-state index in [1.165, 1.54) is 18.2 Å². The van der Waals surface area contributed by atoms with Crippen molar-refractivity contribution in [2.24, 2.45) is 0 Å². The van der Waals surface area contributed by atoms with Crippen molar-refractivity contribution in [3.8, 4) is 5.69 Å². The molecule has 0 aliphatic carbocycles. The molecule has 6 nitrogen and oxygen atoms in total. The van der Waals surface area contributed by atoms with Crippen LogP contribution in [0.2, 0.25) is 0 Å². The van der Waals surface area contributed by atoms with E-state index in [1.807, 2.05) is 20.0 Å². The van der Waals surface area contributed by atoms with E-state index in [1.54, 1.807) is 35.3 Å². The van der Waals surface area contributed by atoms with E-state index >= 15 is 0 Å². The molecule has 1 atom stereocenters. The Balaban J connectivity index is 1.49. The molecule has 0 amide bonds. The maximum absolute atomic E-state index is 14.8. The molecular weight excluding hydrogens is 422 g/mol. The van der Waals surface area contributed by atoms with E-state index in [2.05, 4.69) is 22.1 Å². The zero-order chi connectivity index (χ0) is 23.1. The number of hydrogen-bond acceptors (Lipinski definition) is 5. The minimum Gasteiger partial charge on any atom is -0.373 e. The fourth-order valence-corrected chi connectivity index (χ4v) is 4.34. The average molecular weight is 447 g/mol. The fraction of sp³-hybridized carbons (Fsp3) is 0.240. The fourth-order valence-electron chi connectivity index (χ4n) is 4.34. The summed E-state index contributed by atoms with van der Waals surface area (Å²) in [6, 6.07) is 11.5. The van der Waals surface area contributed by atoms with Crippen LogP contribution in [0.4, 0.5) is 26.1 Å². The molecule has 1 N–H and O–H groups in total. The van der Waals surface area contributed by atoms with Crippen molar-refractivity contribution < 1.29 is 8.78 Å². The van der Waals surface area contributed by atoms with E-state index < -0.39 is 0 Å². The first-order chi connectivity index (χ1) is 15.9. The second-order valence-electron chi connectivity index (χ2n) is 8.35. The number of fused-ring (bicyclic) bond motifs is 1. The molecule has 168 valence electrons. The van der Waals surface area contributed by atoms with Crippen LogP contribution in [-0.4, -0.2) is 33.1 Å². The Labute approximate surface area is 191 Å². The number of benzene rings is 2. The van der Waals surface area contributed by atoms with E-state index in [0.29, 0.717) is 17.9 Å². The van der Waals surface area contributed by atoms with Gasteiger partial charge in [0.05, 0.1) is 17.7 Å². The van der Waals surface area contributed by atoms with Gasteiger partial charge in [-0.15, -0.1) is 0 Å². The normalized spacial score (nSPS) is 15.1. The van der Waals surface area contributed by atoms with Crippen LogP contribution in [0.3, 0.4) is 0 Å². The number of imidazole rings is 1. The van der Waals surface area contributed by atoms with Crippen LogP contribution in [0.1, 0.15) is 35.5 Å². The van der Waals surface area contributed by atoms with Gasteiger partial charge in [0.15, 0.2) is 0 Å². The topological polar surface area (TPSA) is 58.9 Å². The molecule has 1 aliphatic heterocycles. The van der Waals surface area contributed by atoms with Crippen LogP contribution in [0, 0.1) is 18.6 Å². The van der Waals surface area contributed by atoms with Crippen LogP contribution in [0.15, 0.2) is 55.0 Å². The van der Waals surface area contributed by atoms with Gasteiger partial charge in [0.25, 0.3) is 0 Å². The zero-order valence-corrected chi connectivity index (χ0v) is 18.7. The molecule has 2 aromatic heterocycles. The second kappa shape index (κ2) is 8.27. The lowest BCUT2D eigenvalue weighted by molar-refractivity contribution is 0.616. The van der Waals surface area contributed by atoms with Crippen LogP contribution >= 0.6 is 0 Å². The zero-order valence-electron chi connectivity index (χ0n) is 18.7. The van der Waals surface area contributed by atoms with E-state index in [0.717, 1.165) is 40.7 Å².